The number of rotatable bonds is 3. The third-order valence-corrected chi connectivity index (χ3v) is 3.56. The van der Waals surface area contributed by atoms with Crippen LogP contribution in [0.4, 0.5) is 0 Å². The molecule has 2 nitrogen and oxygen atoms in total. The van der Waals surface area contributed by atoms with E-state index in [1.807, 2.05) is 31.2 Å². The molecule has 1 heterocycles. The molecule has 0 fully saturated rings. The highest BCUT2D eigenvalue weighted by atomic mass is 35.5. The van der Waals surface area contributed by atoms with Gasteiger partial charge in [0.15, 0.2) is 0 Å². The summed E-state index contributed by atoms with van der Waals surface area (Å²) in [4.78, 5) is 4.37. The van der Waals surface area contributed by atoms with Gasteiger partial charge in [0.25, 0.3) is 0 Å². The van der Waals surface area contributed by atoms with Crippen molar-refractivity contribution in [3.63, 3.8) is 0 Å². The lowest BCUT2D eigenvalue weighted by Crippen LogP contribution is -2.15. The summed E-state index contributed by atoms with van der Waals surface area (Å²) >= 11 is 6.12. The van der Waals surface area contributed by atoms with Gasteiger partial charge in [-0.05, 0) is 42.7 Å². The van der Waals surface area contributed by atoms with Gasteiger partial charge in [-0.1, -0.05) is 29.8 Å². The number of pyridine rings is 1. The van der Waals surface area contributed by atoms with E-state index in [0.717, 1.165) is 28.3 Å². The predicted octanol–water partition coefficient (Wildman–Crippen LogP) is 3.59. The lowest BCUT2D eigenvalue weighted by molar-refractivity contribution is 0.702. The quantitative estimate of drug-likeness (QED) is 0.916. The Hall–Kier alpha value is -1.38. The molecular weight excluding hydrogens is 244 g/mol. The molecule has 0 radical (unpaired) electrons. The first-order valence-corrected chi connectivity index (χ1v) is 6.38. The Morgan fingerprint density at radius 1 is 1.22 bits per heavy atom. The molecule has 94 valence electrons. The maximum Gasteiger partial charge on any atom is 0.0451 e. The van der Waals surface area contributed by atoms with Crippen molar-refractivity contribution in [2.45, 2.75) is 26.3 Å². The summed E-state index contributed by atoms with van der Waals surface area (Å²) in [6.07, 6.45) is 2.53. The number of nitrogens with two attached hydrogens (primary N) is 1. The molecular formula is C15H17ClN2. The molecule has 0 aliphatic carbocycles. The highest BCUT2D eigenvalue weighted by Gasteiger charge is 2.10. The molecule has 2 N–H and O–H groups in total. The van der Waals surface area contributed by atoms with Crippen molar-refractivity contribution in [3.05, 3.63) is 63.9 Å². The molecule has 0 amide bonds. The van der Waals surface area contributed by atoms with Gasteiger partial charge in [0, 0.05) is 29.4 Å². The van der Waals surface area contributed by atoms with Gasteiger partial charge >= 0.3 is 0 Å². The number of hydrogen-bond acceptors (Lipinski definition) is 2. The van der Waals surface area contributed by atoms with E-state index in [1.54, 1.807) is 6.20 Å². The van der Waals surface area contributed by atoms with Crippen LogP contribution in [0.15, 0.2) is 36.5 Å². The van der Waals surface area contributed by atoms with E-state index < -0.39 is 0 Å². The van der Waals surface area contributed by atoms with Crippen LogP contribution in [-0.4, -0.2) is 4.98 Å². The van der Waals surface area contributed by atoms with Gasteiger partial charge in [0.05, 0.1) is 0 Å². The molecule has 18 heavy (non-hydrogen) atoms. The molecule has 0 saturated heterocycles. The van der Waals surface area contributed by atoms with Crippen molar-refractivity contribution in [1.82, 2.24) is 4.98 Å². The van der Waals surface area contributed by atoms with Crippen LogP contribution in [-0.2, 0) is 6.42 Å². The molecule has 0 bridgehead atoms. The second kappa shape index (κ2) is 5.51. The summed E-state index contributed by atoms with van der Waals surface area (Å²) in [7, 11) is 0. The third-order valence-electron chi connectivity index (χ3n) is 3.16. The molecule has 1 aromatic heterocycles. The summed E-state index contributed by atoms with van der Waals surface area (Å²) in [6, 6.07) is 9.90. The van der Waals surface area contributed by atoms with Crippen molar-refractivity contribution in [1.29, 1.82) is 0 Å². The number of hydrogen-bond donors (Lipinski definition) is 1. The van der Waals surface area contributed by atoms with Gasteiger partial charge < -0.3 is 5.73 Å². The zero-order valence-electron chi connectivity index (χ0n) is 10.7. The largest absolute Gasteiger partial charge is 0.324 e. The number of benzene rings is 1. The first-order chi connectivity index (χ1) is 8.58. The van der Waals surface area contributed by atoms with Crippen molar-refractivity contribution in [2.75, 3.05) is 0 Å². The lowest BCUT2D eigenvalue weighted by atomic mass is 9.99. The molecule has 0 spiro atoms. The zero-order valence-corrected chi connectivity index (χ0v) is 11.4. The van der Waals surface area contributed by atoms with Gasteiger partial charge in [0.2, 0.25) is 0 Å². The fourth-order valence-electron chi connectivity index (χ4n) is 1.90. The summed E-state index contributed by atoms with van der Waals surface area (Å²) in [6.45, 7) is 4.04. The monoisotopic (exact) mass is 260 g/mol. The van der Waals surface area contributed by atoms with Crippen molar-refractivity contribution >= 4 is 11.6 Å². The number of aryl methyl sites for hydroxylation is 2. The number of nitrogens with zero attached hydrogens (tertiary/aromatic N) is 1. The first kappa shape index (κ1) is 13.1. The fraction of sp³-hybridized carbons (Fsp3) is 0.267. The van der Waals surface area contributed by atoms with E-state index in [2.05, 4.69) is 18.0 Å². The predicted molar refractivity (Wildman–Crippen MR) is 75.8 cm³/mol. The van der Waals surface area contributed by atoms with Crippen LogP contribution < -0.4 is 5.73 Å². The summed E-state index contributed by atoms with van der Waals surface area (Å²) in [5, 5.41) is 0.765. The summed E-state index contributed by atoms with van der Waals surface area (Å²) < 4.78 is 0. The second-order valence-electron chi connectivity index (χ2n) is 4.59. The molecule has 0 aliphatic heterocycles. The average molecular weight is 261 g/mol. The van der Waals surface area contributed by atoms with E-state index in [9.17, 15) is 0 Å². The minimum Gasteiger partial charge on any atom is -0.324 e. The normalized spacial score (nSPS) is 12.4. The molecule has 2 aromatic rings. The average Bonchev–Trinajstić information content (AvgIpc) is 2.35. The van der Waals surface area contributed by atoms with Crippen molar-refractivity contribution < 1.29 is 0 Å². The van der Waals surface area contributed by atoms with E-state index >= 15 is 0 Å². The summed E-state index contributed by atoms with van der Waals surface area (Å²) in [5.74, 6) is 0. The molecule has 1 atom stereocenters. The Labute approximate surface area is 113 Å². The van der Waals surface area contributed by atoms with E-state index in [1.165, 1.54) is 5.56 Å². The Balaban J connectivity index is 2.19. The fourth-order valence-corrected chi connectivity index (χ4v) is 2.09. The molecule has 0 saturated carbocycles. The Kier molecular flexibility index (Phi) is 4.00. The maximum absolute atomic E-state index is 6.22. The number of halogens is 1. The van der Waals surface area contributed by atoms with Crippen LogP contribution >= 0.6 is 11.6 Å². The molecule has 0 aliphatic rings. The Bertz CT molecular complexity index is 552. The van der Waals surface area contributed by atoms with Crippen LogP contribution in [0.3, 0.4) is 0 Å². The third kappa shape index (κ3) is 2.89. The molecule has 3 heteroatoms. The van der Waals surface area contributed by atoms with Crippen LogP contribution in [0.1, 0.15) is 28.4 Å². The van der Waals surface area contributed by atoms with Crippen LogP contribution in [0.2, 0.25) is 5.02 Å². The van der Waals surface area contributed by atoms with Crippen LogP contribution in [0.25, 0.3) is 0 Å². The Morgan fingerprint density at radius 3 is 2.67 bits per heavy atom. The maximum atomic E-state index is 6.22. The highest BCUT2D eigenvalue weighted by Crippen LogP contribution is 2.22. The zero-order chi connectivity index (χ0) is 13.1. The highest BCUT2D eigenvalue weighted by molar-refractivity contribution is 6.31. The second-order valence-corrected chi connectivity index (χ2v) is 4.99. The van der Waals surface area contributed by atoms with E-state index in [-0.39, 0.29) is 6.04 Å². The van der Waals surface area contributed by atoms with Crippen molar-refractivity contribution in [3.8, 4) is 0 Å². The minimum atomic E-state index is -0.0725. The smallest absolute Gasteiger partial charge is 0.0451 e. The van der Waals surface area contributed by atoms with E-state index in [0.29, 0.717) is 0 Å². The van der Waals surface area contributed by atoms with Crippen LogP contribution in [0, 0.1) is 13.8 Å². The van der Waals surface area contributed by atoms with Gasteiger partial charge in [0.1, 0.15) is 0 Å². The first-order valence-electron chi connectivity index (χ1n) is 6.00. The topological polar surface area (TPSA) is 38.9 Å². The van der Waals surface area contributed by atoms with Crippen molar-refractivity contribution in [2.24, 2.45) is 5.73 Å². The van der Waals surface area contributed by atoms with Gasteiger partial charge in [-0.3, -0.25) is 4.98 Å². The Morgan fingerprint density at radius 2 is 2.00 bits per heavy atom. The summed E-state index contributed by atoms with van der Waals surface area (Å²) in [5.41, 5.74) is 10.6. The minimum absolute atomic E-state index is 0.0725. The van der Waals surface area contributed by atoms with Gasteiger partial charge in [-0.2, -0.15) is 0 Å². The SMILES string of the molecule is Cc1ccc(C(N)Cc2ncccc2C)cc1Cl. The number of aromatic nitrogens is 1. The standard InChI is InChI=1S/C15H17ClN2/c1-10-5-6-12(8-13(10)16)14(17)9-15-11(2)4-3-7-18-15/h3-8,14H,9,17H2,1-2H3. The van der Waals surface area contributed by atoms with Gasteiger partial charge in [-0.15, -0.1) is 0 Å². The van der Waals surface area contributed by atoms with E-state index in [4.69, 9.17) is 17.3 Å². The van der Waals surface area contributed by atoms with Crippen LogP contribution in [0.5, 0.6) is 0 Å². The lowest BCUT2D eigenvalue weighted by Gasteiger charge is -2.14. The molecule has 2 rings (SSSR count). The molecule has 1 aromatic carbocycles. The molecule has 1 unspecified atom stereocenters. The van der Waals surface area contributed by atoms with Gasteiger partial charge in [-0.25, -0.2) is 0 Å².